The van der Waals surface area contributed by atoms with Crippen molar-refractivity contribution in [2.24, 2.45) is 5.73 Å². The highest BCUT2D eigenvalue weighted by Crippen LogP contribution is 2.15. The van der Waals surface area contributed by atoms with Crippen molar-refractivity contribution in [2.75, 3.05) is 0 Å². The molecule has 0 unspecified atom stereocenters. The summed E-state index contributed by atoms with van der Waals surface area (Å²) < 4.78 is 1.96. The smallest absolute Gasteiger partial charge is 0.167 e. The van der Waals surface area contributed by atoms with E-state index in [0.717, 1.165) is 6.54 Å². The number of aromatic nitrogens is 2. The zero-order valence-corrected chi connectivity index (χ0v) is 11.4. The fourth-order valence-electron chi connectivity index (χ4n) is 1.87. The van der Waals surface area contributed by atoms with E-state index in [9.17, 15) is 0 Å². The van der Waals surface area contributed by atoms with E-state index in [-0.39, 0.29) is 0 Å². The predicted molar refractivity (Wildman–Crippen MR) is 77.7 cm³/mol. The maximum atomic E-state index is 5.62. The molecule has 18 heavy (non-hydrogen) atoms. The normalized spacial score (nSPS) is 10.8. The van der Waals surface area contributed by atoms with Crippen LogP contribution in [0.15, 0.2) is 36.7 Å². The molecule has 3 nitrogen and oxygen atoms in total. The molecule has 0 saturated carbocycles. The van der Waals surface area contributed by atoms with Crippen molar-refractivity contribution in [1.82, 2.24) is 9.55 Å². The van der Waals surface area contributed by atoms with E-state index in [1.165, 1.54) is 11.1 Å². The molecule has 0 aliphatic heterocycles. The highest BCUT2D eigenvalue weighted by molar-refractivity contribution is 7.80. The summed E-state index contributed by atoms with van der Waals surface area (Å²) >= 11 is 4.97. The van der Waals surface area contributed by atoms with Crippen LogP contribution in [0, 0.1) is 0 Å². The van der Waals surface area contributed by atoms with Crippen molar-refractivity contribution in [3.63, 3.8) is 0 Å². The van der Waals surface area contributed by atoms with Crippen LogP contribution in [0.5, 0.6) is 0 Å². The molecule has 2 rings (SSSR count). The summed E-state index contributed by atoms with van der Waals surface area (Å²) in [6, 6.07) is 8.60. The Morgan fingerprint density at radius 2 is 2.00 bits per heavy atom. The molecule has 4 heteroatoms. The first-order valence-corrected chi connectivity index (χ1v) is 6.38. The highest BCUT2D eigenvalue weighted by Gasteiger charge is 2.06. The first-order valence-electron chi connectivity index (χ1n) is 5.97. The lowest BCUT2D eigenvalue weighted by Gasteiger charge is -2.09. The molecular formula is C14H17N3S. The number of hydrogen-bond acceptors (Lipinski definition) is 2. The lowest BCUT2D eigenvalue weighted by Crippen LogP contribution is -2.17. The van der Waals surface area contributed by atoms with Gasteiger partial charge in [-0.3, -0.25) is 0 Å². The number of benzene rings is 1. The Hall–Kier alpha value is -1.68. The maximum Gasteiger partial charge on any atom is 0.167 e. The first kappa shape index (κ1) is 12.8. The molecule has 0 spiro atoms. The summed E-state index contributed by atoms with van der Waals surface area (Å²) in [7, 11) is 0. The van der Waals surface area contributed by atoms with Gasteiger partial charge in [-0.05, 0) is 17.0 Å². The Balaban J connectivity index is 2.18. The van der Waals surface area contributed by atoms with Crippen LogP contribution in [0.3, 0.4) is 0 Å². The number of hydrogen-bond donors (Lipinski definition) is 1. The average Bonchev–Trinajstić information content (AvgIpc) is 2.78. The second-order valence-electron chi connectivity index (χ2n) is 4.64. The molecule has 0 saturated heterocycles. The van der Waals surface area contributed by atoms with Gasteiger partial charge in [0.15, 0.2) is 5.82 Å². The molecule has 0 aliphatic rings. The van der Waals surface area contributed by atoms with Crippen LogP contribution in [0.2, 0.25) is 0 Å². The first-order chi connectivity index (χ1) is 8.58. The molecule has 1 aromatic heterocycles. The Morgan fingerprint density at radius 3 is 2.56 bits per heavy atom. The van der Waals surface area contributed by atoms with Gasteiger partial charge in [-0.2, -0.15) is 0 Å². The van der Waals surface area contributed by atoms with Crippen molar-refractivity contribution in [2.45, 2.75) is 26.3 Å². The molecule has 0 bridgehead atoms. The van der Waals surface area contributed by atoms with Gasteiger partial charge in [0.05, 0.1) is 0 Å². The number of nitrogens with zero attached hydrogens (tertiary/aromatic N) is 2. The van der Waals surface area contributed by atoms with Gasteiger partial charge in [-0.1, -0.05) is 50.3 Å². The summed E-state index contributed by atoms with van der Waals surface area (Å²) in [5.74, 6) is 1.22. The fraction of sp³-hybridized carbons (Fsp3) is 0.286. The highest BCUT2D eigenvalue weighted by atomic mass is 32.1. The molecule has 0 aliphatic carbocycles. The van der Waals surface area contributed by atoms with E-state index in [1.807, 2.05) is 10.8 Å². The minimum atomic E-state index is 0.332. The average molecular weight is 259 g/mol. The van der Waals surface area contributed by atoms with E-state index in [4.69, 9.17) is 18.0 Å². The molecule has 1 aromatic carbocycles. The summed E-state index contributed by atoms with van der Waals surface area (Å²) in [6.07, 6.45) is 3.61. The number of thiocarbonyl (C=S) groups is 1. The molecule has 0 radical (unpaired) electrons. The standard InChI is InChI=1S/C14H17N3S/c1-10(2)12-5-3-11(4-6-12)9-17-8-7-16-14(17)13(15)18/h3-8,10H,9H2,1-2H3,(H2,15,18). The van der Waals surface area contributed by atoms with Crippen LogP contribution < -0.4 is 5.73 Å². The van der Waals surface area contributed by atoms with Crippen molar-refractivity contribution in [3.05, 3.63) is 53.6 Å². The second-order valence-corrected chi connectivity index (χ2v) is 5.08. The Morgan fingerprint density at radius 1 is 1.33 bits per heavy atom. The number of nitrogens with two attached hydrogens (primary N) is 1. The third-order valence-electron chi connectivity index (χ3n) is 2.94. The zero-order valence-electron chi connectivity index (χ0n) is 10.6. The molecule has 2 aromatic rings. The topological polar surface area (TPSA) is 43.8 Å². The van der Waals surface area contributed by atoms with Crippen molar-refractivity contribution < 1.29 is 0 Å². The number of rotatable bonds is 4. The van der Waals surface area contributed by atoms with Gasteiger partial charge in [-0.25, -0.2) is 4.98 Å². The molecule has 1 heterocycles. The second kappa shape index (κ2) is 5.31. The van der Waals surface area contributed by atoms with Crippen LogP contribution in [0.25, 0.3) is 0 Å². The van der Waals surface area contributed by atoms with Gasteiger partial charge in [0.1, 0.15) is 4.99 Å². The van der Waals surface area contributed by atoms with Gasteiger partial charge in [0.25, 0.3) is 0 Å². The summed E-state index contributed by atoms with van der Waals surface area (Å²) in [5.41, 5.74) is 8.19. The van der Waals surface area contributed by atoms with Gasteiger partial charge >= 0.3 is 0 Å². The molecule has 0 atom stereocenters. The summed E-state index contributed by atoms with van der Waals surface area (Å²) in [5, 5.41) is 0. The van der Waals surface area contributed by atoms with E-state index in [1.54, 1.807) is 6.20 Å². The third kappa shape index (κ3) is 2.76. The monoisotopic (exact) mass is 259 g/mol. The Kier molecular flexibility index (Phi) is 3.77. The van der Waals surface area contributed by atoms with Crippen LogP contribution in [0.1, 0.15) is 36.7 Å². The van der Waals surface area contributed by atoms with Gasteiger partial charge in [0.2, 0.25) is 0 Å². The van der Waals surface area contributed by atoms with Gasteiger partial charge < -0.3 is 10.3 Å². The van der Waals surface area contributed by atoms with E-state index >= 15 is 0 Å². The quantitative estimate of drug-likeness (QED) is 0.859. The van der Waals surface area contributed by atoms with Crippen LogP contribution in [-0.4, -0.2) is 14.5 Å². The molecule has 0 amide bonds. The molecular weight excluding hydrogens is 242 g/mol. The Labute approximate surface area is 113 Å². The van der Waals surface area contributed by atoms with Crippen molar-refractivity contribution in [1.29, 1.82) is 0 Å². The van der Waals surface area contributed by atoms with Crippen molar-refractivity contribution >= 4 is 17.2 Å². The van der Waals surface area contributed by atoms with E-state index in [0.29, 0.717) is 16.7 Å². The Bertz CT molecular complexity index is 540. The lowest BCUT2D eigenvalue weighted by atomic mass is 10.0. The van der Waals surface area contributed by atoms with Crippen LogP contribution in [0.4, 0.5) is 0 Å². The predicted octanol–water partition coefficient (Wildman–Crippen LogP) is 2.69. The van der Waals surface area contributed by atoms with E-state index in [2.05, 4.69) is 43.1 Å². The summed E-state index contributed by atoms with van der Waals surface area (Å²) in [4.78, 5) is 4.49. The SMILES string of the molecule is CC(C)c1ccc(Cn2ccnc2C(N)=S)cc1. The van der Waals surface area contributed by atoms with E-state index < -0.39 is 0 Å². The third-order valence-corrected chi connectivity index (χ3v) is 3.12. The molecule has 94 valence electrons. The number of imidazole rings is 1. The zero-order chi connectivity index (χ0) is 13.1. The van der Waals surface area contributed by atoms with Gasteiger partial charge in [-0.15, -0.1) is 0 Å². The van der Waals surface area contributed by atoms with Crippen LogP contribution >= 0.6 is 12.2 Å². The fourth-order valence-corrected chi connectivity index (χ4v) is 2.04. The minimum absolute atomic E-state index is 0.332. The van der Waals surface area contributed by atoms with Crippen molar-refractivity contribution in [3.8, 4) is 0 Å². The summed E-state index contributed by atoms with van der Waals surface area (Å²) in [6.45, 7) is 5.12. The van der Waals surface area contributed by atoms with Crippen LogP contribution in [-0.2, 0) is 6.54 Å². The minimum Gasteiger partial charge on any atom is -0.387 e. The molecule has 0 fully saturated rings. The molecule has 2 N–H and O–H groups in total. The lowest BCUT2D eigenvalue weighted by molar-refractivity contribution is 0.785. The largest absolute Gasteiger partial charge is 0.387 e. The van der Waals surface area contributed by atoms with Gasteiger partial charge in [0, 0.05) is 18.9 Å². The maximum absolute atomic E-state index is 5.62.